The van der Waals surface area contributed by atoms with Gasteiger partial charge in [-0.05, 0) is 145 Å². The van der Waals surface area contributed by atoms with Crippen molar-refractivity contribution in [3.8, 4) is 343 Å². The summed E-state index contributed by atoms with van der Waals surface area (Å²) < 4.78 is 5.84. The molecule has 1 aromatic carbocycles. The van der Waals surface area contributed by atoms with E-state index < -0.39 is 5.60 Å². The van der Waals surface area contributed by atoms with E-state index in [0.717, 1.165) is 19.3 Å². The Morgan fingerprint density at radius 1 is 0.375 bits per heavy atom. The Morgan fingerprint density at radius 3 is 0.825 bits per heavy atom. The number of ether oxygens (including phenoxy) is 1. The first kappa shape index (κ1) is 63.9. The van der Waals surface area contributed by atoms with Crippen LogP contribution in [0.3, 0.4) is 0 Å². The van der Waals surface area contributed by atoms with Crippen LogP contribution in [0.15, 0.2) is 24.3 Å². The lowest BCUT2D eigenvalue weighted by Crippen LogP contribution is -2.26. The molecule has 2 atom stereocenters. The third kappa shape index (κ3) is 39.6. The molecule has 0 heterocycles. The number of carbonyl (C=O) groups is 1. The number of rotatable bonds is 6. The topological polar surface area (TPSA) is 26.3 Å². The molecule has 1 aromatic rings. The number of unbranched alkanes of at least 4 members (excludes halogenated alkanes) is 3. The minimum absolute atomic E-state index is 0.0486. The van der Waals surface area contributed by atoms with Crippen LogP contribution in [0, 0.1) is 343 Å². The fourth-order valence-corrected chi connectivity index (χ4v) is 5.12. The monoisotopic (exact) mass is 1000 g/mol. The van der Waals surface area contributed by atoms with E-state index in [4.69, 9.17) is 4.74 Å². The second-order valence-corrected chi connectivity index (χ2v) is 13.7. The molecule has 1 aliphatic carbocycles. The molecule has 80 heavy (non-hydrogen) atoms. The van der Waals surface area contributed by atoms with Crippen molar-refractivity contribution in [3.05, 3.63) is 35.4 Å². The number of hydrogen-bond donors (Lipinski definition) is 0. The highest BCUT2D eigenvalue weighted by Gasteiger charge is 2.41. The average Bonchev–Trinajstić information content (AvgIpc) is 3.91. The molecule has 0 aromatic heterocycles. The molecular weight excluding hydrogens is 969 g/mol. The van der Waals surface area contributed by atoms with Crippen LogP contribution in [-0.2, 0) is 15.1 Å². The molecule has 2 nitrogen and oxygen atoms in total. The van der Waals surface area contributed by atoms with Crippen LogP contribution in [-0.4, -0.2) is 5.97 Å². The van der Waals surface area contributed by atoms with Gasteiger partial charge in [-0.1, -0.05) is 69.2 Å². The molecule has 0 amide bonds. The molecule has 0 N–H and O–H groups in total. The lowest BCUT2D eigenvalue weighted by Gasteiger charge is -2.26. The van der Waals surface area contributed by atoms with Crippen LogP contribution in [0.25, 0.3) is 0 Å². The molecule has 0 fully saturated rings. The zero-order chi connectivity index (χ0) is 57.6. The van der Waals surface area contributed by atoms with E-state index in [1.165, 1.54) is 24.0 Å². The molecule has 0 saturated carbocycles. The van der Waals surface area contributed by atoms with Gasteiger partial charge in [0.05, 0.1) is 0 Å². The quantitative estimate of drug-likeness (QED) is 0.198. The Hall–Kier alpha value is -14.1. The van der Waals surface area contributed by atoms with Crippen LogP contribution in [0.1, 0.15) is 90.2 Å². The van der Waals surface area contributed by atoms with Crippen molar-refractivity contribution in [3.63, 3.8) is 0 Å². The SMILES string of the molecule is CC#CC#CC#CC#CC#CC#CC#CC#CC#CC#CC#CC#CC#CC#CC#CC#CC#CC#CC#CC#CC#CC#CC#CC#CC#CC#CC#CC#CC#CC.CCCCCCC(=O)OC1(C)CC(C)c2ccccc21. The highest BCUT2D eigenvalue weighted by molar-refractivity contribution is 5.70. The summed E-state index contributed by atoms with van der Waals surface area (Å²) in [5.74, 6) is 146. The lowest BCUT2D eigenvalue weighted by molar-refractivity contribution is -0.159. The first-order valence-corrected chi connectivity index (χ1v) is 23.1. The van der Waals surface area contributed by atoms with Gasteiger partial charge in [-0.3, -0.25) is 4.79 Å². The molecule has 0 bridgehead atoms. The van der Waals surface area contributed by atoms with E-state index in [-0.39, 0.29) is 5.97 Å². The molecular formula is C78H32O2. The minimum Gasteiger partial charge on any atom is -0.454 e. The van der Waals surface area contributed by atoms with E-state index in [9.17, 15) is 4.79 Å². The van der Waals surface area contributed by atoms with Gasteiger partial charge in [-0.2, -0.15) is 0 Å². The summed E-state index contributed by atoms with van der Waals surface area (Å²) in [6, 6.07) is 8.35. The van der Waals surface area contributed by atoms with Crippen LogP contribution in [0.2, 0.25) is 0 Å². The number of esters is 1. The molecule has 356 valence electrons. The third-order valence-corrected chi connectivity index (χ3v) is 8.02. The summed E-state index contributed by atoms with van der Waals surface area (Å²) in [6.45, 7) is 9.81. The maximum absolute atomic E-state index is 12.1. The molecule has 0 radical (unpaired) electrons. The van der Waals surface area contributed by atoms with Gasteiger partial charge in [-0.15, -0.1) is 0 Å². The zero-order valence-corrected chi connectivity index (χ0v) is 43.9. The maximum atomic E-state index is 12.1. The summed E-state index contributed by atoms with van der Waals surface area (Å²) in [6.07, 6.45) is 5.90. The van der Waals surface area contributed by atoms with E-state index in [1.54, 1.807) is 13.8 Å². The van der Waals surface area contributed by atoms with Gasteiger partial charge in [-0.25, -0.2) is 0 Å². The molecule has 0 aliphatic heterocycles. The number of benzene rings is 1. The third-order valence-electron chi connectivity index (χ3n) is 8.02. The Labute approximate surface area is 476 Å². The Morgan fingerprint density at radius 2 is 0.600 bits per heavy atom. The first-order chi connectivity index (χ1) is 39.5. The summed E-state index contributed by atoms with van der Waals surface area (Å²) in [7, 11) is 0. The van der Waals surface area contributed by atoms with Gasteiger partial charge in [0.2, 0.25) is 0 Å². The minimum atomic E-state index is -0.433. The maximum Gasteiger partial charge on any atom is 0.306 e. The predicted octanol–water partition coefficient (Wildman–Crippen LogP) is 6.05. The number of carbonyl (C=O) groups excluding carboxylic acids is 1. The normalized spacial score (nSPS) is 9.09. The van der Waals surface area contributed by atoms with Crippen molar-refractivity contribution in [2.75, 3.05) is 0 Å². The standard InChI is InChI=1S/C60H6.C18H26O2/c1-3-5-7-9-11-13-15-17-19-21-23-25-27-29-31-33-35-37-39-41-43-45-47-49-51-53-55-57-59-60-58-56-54-52-50-48-46-44-42-40-38-36-34-32-30-28-26-24-22-20-18-16-14-12-10-8-6-4-2;1-4-5-6-7-12-17(19)20-18(3)13-14(2)15-10-8-9-11-16(15)18/h1-2H3;8-11,14H,4-7,12-13H2,1-3H3. The molecule has 1 aliphatic rings. The molecule has 0 saturated heterocycles. The Balaban J connectivity index is 0.00000132. The van der Waals surface area contributed by atoms with Crippen LogP contribution in [0.5, 0.6) is 0 Å². The highest BCUT2D eigenvalue weighted by Crippen LogP contribution is 2.46. The Bertz CT molecular complexity index is 4350. The fourth-order valence-electron chi connectivity index (χ4n) is 5.12. The summed E-state index contributed by atoms with van der Waals surface area (Å²) in [5, 5.41) is 0. The van der Waals surface area contributed by atoms with Gasteiger partial charge in [0.15, 0.2) is 0 Å². The van der Waals surface area contributed by atoms with Crippen molar-refractivity contribution < 1.29 is 9.53 Å². The number of hydrogen-bond acceptors (Lipinski definition) is 2. The van der Waals surface area contributed by atoms with Crippen molar-refractivity contribution >= 4 is 5.97 Å². The van der Waals surface area contributed by atoms with Gasteiger partial charge in [0, 0.05) is 243 Å². The first-order valence-electron chi connectivity index (χ1n) is 23.1. The molecule has 2 rings (SSSR count). The van der Waals surface area contributed by atoms with E-state index in [2.05, 4.69) is 382 Å². The second-order valence-electron chi connectivity index (χ2n) is 13.7. The lowest BCUT2D eigenvalue weighted by atomic mass is 9.98. The average molecular weight is 1000 g/mol. The molecule has 0 spiro atoms. The predicted molar refractivity (Wildman–Crippen MR) is 319 cm³/mol. The van der Waals surface area contributed by atoms with E-state index in [0.29, 0.717) is 12.3 Å². The van der Waals surface area contributed by atoms with Crippen molar-refractivity contribution in [1.82, 2.24) is 0 Å². The van der Waals surface area contributed by atoms with Crippen LogP contribution >= 0.6 is 0 Å². The van der Waals surface area contributed by atoms with Crippen LogP contribution in [0.4, 0.5) is 0 Å². The van der Waals surface area contributed by atoms with Gasteiger partial charge < -0.3 is 4.74 Å². The zero-order valence-electron chi connectivity index (χ0n) is 43.9. The Kier molecular flexibility index (Phi) is 39.9. The van der Waals surface area contributed by atoms with Gasteiger partial charge in [0.25, 0.3) is 0 Å². The van der Waals surface area contributed by atoms with Crippen molar-refractivity contribution in [1.29, 1.82) is 0 Å². The largest absolute Gasteiger partial charge is 0.454 e. The summed E-state index contributed by atoms with van der Waals surface area (Å²) in [5.41, 5.74) is 2.08. The second kappa shape index (κ2) is 49.9. The van der Waals surface area contributed by atoms with Crippen molar-refractivity contribution in [2.45, 2.75) is 84.7 Å². The smallest absolute Gasteiger partial charge is 0.306 e. The fraction of sp³-hybridized carbons (Fsp3) is 0.167. The van der Waals surface area contributed by atoms with Crippen LogP contribution < -0.4 is 0 Å². The summed E-state index contributed by atoms with van der Waals surface area (Å²) in [4.78, 5) is 12.1. The van der Waals surface area contributed by atoms with Gasteiger partial charge in [0.1, 0.15) is 5.60 Å². The van der Waals surface area contributed by atoms with Gasteiger partial charge >= 0.3 is 5.97 Å². The van der Waals surface area contributed by atoms with E-state index in [1.807, 2.05) is 6.07 Å². The molecule has 2 unspecified atom stereocenters. The highest BCUT2D eigenvalue weighted by atomic mass is 16.6. The van der Waals surface area contributed by atoms with Crippen molar-refractivity contribution in [2.24, 2.45) is 0 Å². The summed E-state index contributed by atoms with van der Waals surface area (Å²) >= 11 is 0. The molecule has 2 heteroatoms. The number of fused-ring (bicyclic) bond motifs is 1. The van der Waals surface area contributed by atoms with E-state index >= 15 is 0 Å².